The van der Waals surface area contributed by atoms with E-state index in [1.54, 1.807) is 0 Å². The molecule has 2 nitrogen and oxygen atoms in total. The summed E-state index contributed by atoms with van der Waals surface area (Å²) in [6.07, 6.45) is 0. The number of benzene rings is 2. The van der Waals surface area contributed by atoms with Gasteiger partial charge in [0.1, 0.15) is 17.5 Å². The number of nitrogens with one attached hydrogen (secondary N) is 1. The predicted octanol–water partition coefficient (Wildman–Crippen LogP) is 3.64. The number of halogens is 3. The van der Waals surface area contributed by atoms with Gasteiger partial charge in [0.25, 0.3) is 5.91 Å². The van der Waals surface area contributed by atoms with Crippen molar-refractivity contribution >= 4 is 24.2 Å². The molecule has 2 rings (SSSR count). The summed E-state index contributed by atoms with van der Waals surface area (Å²) in [6.45, 7) is 0. The number of hydrogen-bond donors (Lipinski definition) is 2. The first-order valence-corrected chi connectivity index (χ1v) is 5.67. The fourth-order valence-corrected chi connectivity index (χ4v) is 1.65. The summed E-state index contributed by atoms with van der Waals surface area (Å²) in [5.41, 5.74) is -0.0356. The van der Waals surface area contributed by atoms with Gasteiger partial charge in [-0.2, -0.15) is 0 Å². The minimum atomic E-state index is -0.887. The smallest absolute Gasteiger partial charge is 0.255 e. The largest absolute Gasteiger partial charge is 0.319 e. The van der Waals surface area contributed by atoms with Gasteiger partial charge in [0.05, 0.1) is 5.69 Å². The zero-order valence-electron chi connectivity index (χ0n) is 9.45. The van der Waals surface area contributed by atoms with E-state index in [1.165, 1.54) is 12.1 Å². The highest BCUT2D eigenvalue weighted by Crippen LogP contribution is 2.18. The van der Waals surface area contributed by atoms with Gasteiger partial charge in [-0.15, -0.1) is 12.6 Å². The Kier molecular flexibility index (Phi) is 3.80. The molecular formula is C13H8F3NOS. The average molecular weight is 283 g/mol. The van der Waals surface area contributed by atoms with Gasteiger partial charge >= 0.3 is 0 Å². The summed E-state index contributed by atoms with van der Waals surface area (Å²) >= 11 is 3.84. The molecule has 0 atom stereocenters. The Labute approximate surface area is 112 Å². The zero-order valence-corrected chi connectivity index (χ0v) is 10.3. The molecule has 0 unspecified atom stereocenters. The maximum Gasteiger partial charge on any atom is 0.255 e. The maximum absolute atomic E-state index is 13.3. The van der Waals surface area contributed by atoms with Crippen LogP contribution in [-0.2, 0) is 0 Å². The number of anilines is 1. The summed E-state index contributed by atoms with van der Waals surface area (Å²) in [4.78, 5) is 11.8. The third-order valence-corrected chi connectivity index (χ3v) is 2.73. The maximum atomic E-state index is 13.3. The molecule has 0 bridgehead atoms. The van der Waals surface area contributed by atoms with Crippen molar-refractivity contribution in [3.05, 3.63) is 59.4 Å². The molecular weight excluding hydrogens is 275 g/mol. The first kappa shape index (κ1) is 13.5. The first-order chi connectivity index (χ1) is 8.97. The fourth-order valence-electron chi connectivity index (χ4n) is 1.44. The van der Waals surface area contributed by atoms with Crippen molar-refractivity contribution in [2.75, 3.05) is 5.32 Å². The molecule has 0 heterocycles. The third-order valence-electron chi connectivity index (χ3n) is 2.39. The van der Waals surface area contributed by atoms with E-state index in [9.17, 15) is 18.0 Å². The molecule has 0 spiro atoms. The van der Waals surface area contributed by atoms with Gasteiger partial charge in [-0.05, 0) is 30.3 Å². The van der Waals surface area contributed by atoms with E-state index in [2.05, 4.69) is 17.9 Å². The van der Waals surface area contributed by atoms with Crippen LogP contribution in [0.2, 0.25) is 0 Å². The molecule has 0 saturated carbocycles. The van der Waals surface area contributed by atoms with E-state index in [1.807, 2.05) is 0 Å². The van der Waals surface area contributed by atoms with Gasteiger partial charge < -0.3 is 5.32 Å². The molecule has 0 fully saturated rings. The average Bonchev–Trinajstić information content (AvgIpc) is 2.36. The molecule has 1 amide bonds. The molecule has 6 heteroatoms. The van der Waals surface area contributed by atoms with Gasteiger partial charge in [0, 0.05) is 16.5 Å². The monoisotopic (exact) mass is 283 g/mol. The lowest BCUT2D eigenvalue weighted by Crippen LogP contribution is -2.13. The number of carbonyl (C=O) groups excluding carboxylic acids is 1. The molecule has 2 aromatic rings. The lowest BCUT2D eigenvalue weighted by atomic mass is 10.2. The number of rotatable bonds is 2. The highest BCUT2D eigenvalue weighted by molar-refractivity contribution is 7.80. The summed E-state index contributed by atoms with van der Waals surface area (Å²) < 4.78 is 39.0. The number of hydrogen-bond acceptors (Lipinski definition) is 2. The second kappa shape index (κ2) is 5.36. The zero-order chi connectivity index (χ0) is 14.0. The number of carbonyl (C=O) groups is 1. The summed E-state index contributed by atoms with van der Waals surface area (Å²) in [5, 5.41) is 2.26. The lowest BCUT2D eigenvalue weighted by molar-refractivity contribution is 0.102. The molecule has 0 aliphatic heterocycles. The van der Waals surface area contributed by atoms with Crippen molar-refractivity contribution in [2.24, 2.45) is 0 Å². The quantitative estimate of drug-likeness (QED) is 0.809. The summed E-state index contributed by atoms with van der Waals surface area (Å²) in [5.74, 6) is -2.83. The summed E-state index contributed by atoms with van der Waals surface area (Å²) in [6, 6.07) is 6.32. The Balaban J connectivity index is 2.23. The van der Waals surface area contributed by atoms with Crippen molar-refractivity contribution in [1.29, 1.82) is 0 Å². The van der Waals surface area contributed by atoms with Crippen LogP contribution in [0.5, 0.6) is 0 Å². The van der Waals surface area contributed by atoms with Crippen LogP contribution < -0.4 is 5.32 Å². The van der Waals surface area contributed by atoms with Crippen molar-refractivity contribution in [3.63, 3.8) is 0 Å². The number of thiol groups is 1. The highest BCUT2D eigenvalue weighted by atomic mass is 32.1. The first-order valence-electron chi connectivity index (χ1n) is 5.22. The van der Waals surface area contributed by atoms with Crippen LogP contribution in [0.25, 0.3) is 0 Å². The lowest BCUT2D eigenvalue weighted by Gasteiger charge is -2.07. The minimum Gasteiger partial charge on any atom is -0.319 e. The molecule has 0 radical (unpaired) electrons. The van der Waals surface area contributed by atoms with E-state index in [-0.39, 0.29) is 16.1 Å². The standard InChI is InChI=1S/C13H8F3NOS/c14-8-2-4-11(10(16)6-8)17-13(18)7-1-3-9(15)12(19)5-7/h1-6,19H,(H,17,18). The van der Waals surface area contributed by atoms with Crippen LogP contribution in [-0.4, -0.2) is 5.91 Å². The van der Waals surface area contributed by atoms with Gasteiger partial charge in [-0.3, -0.25) is 4.79 Å². The topological polar surface area (TPSA) is 29.1 Å². The van der Waals surface area contributed by atoms with Crippen LogP contribution in [0.15, 0.2) is 41.3 Å². The second-order valence-corrected chi connectivity index (χ2v) is 4.23. The van der Waals surface area contributed by atoms with E-state index < -0.39 is 23.4 Å². The molecule has 2 aromatic carbocycles. The SMILES string of the molecule is O=C(Nc1ccc(F)cc1F)c1ccc(F)c(S)c1. The molecule has 0 aliphatic carbocycles. The van der Waals surface area contributed by atoms with Crippen LogP contribution in [0.1, 0.15) is 10.4 Å². The molecule has 1 N–H and O–H groups in total. The van der Waals surface area contributed by atoms with Crippen LogP contribution in [0.4, 0.5) is 18.9 Å². The Bertz CT molecular complexity index is 646. The van der Waals surface area contributed by atoms with Gasteiger partial charge in [-0.25, -0.2) is 13.2 Å². The normalized spacial score (nSPS) is 10.3. The molecule has 19 heavy (non-hydrogen) atoms. The Hall–Kier alpha value is -1.95. The van der Waals surface area contributed by atoms with E-state index in [0.29, 0.717) is 6.07 Å². The second-order valence-electron chi connectivity index (χ2n) is 3.74. The molecule has 0 aliphatic rings. The van der Waals surface area contributed by atoms with Crippen molar-refractivity contribution in [1.82, 2.24) is 0 Å². The van der Waals surface area contributed by atoms with Crippen molar-refractivity contribution < 1.29 is 18.0 Å². The van der Waals surface area contributed by atoms with Crippen LogP contribution in [0, 0.1) is 17.5 Å². The van der Waals surface area contributed by atoms with Crippen molar-refractivity contribution in [2.45, 2.75) is 4.90 Å². The van der Waals surface area contributed by atoms with E-state index in [4.69, 9.17) is 0 Å². The summed E-state index contributed by atoms with van der Waals surface area (Å²) in [7, 11) is 0. The Morgan fingerprint density at radius 2 is 1.74 bits per heavy atom. The Morgan fingerprint density at radius 3 is 2.37 bits per heavy atom. The molecule has 98 valence electrons. The third kappa shape index (κ3) is 3.08. The van der Waals surface area contributed by atoms with E-state index >= 15 is 0 Å². The van der Waals surface area contributed by atoms with Gasteiger partial charge in [0.15, 0.2) is 0 Å². The van der Waals surface area contributed by atoms with Crippen molar-refractivity contribution in [3.8, 4) is 0 Å². The number of amides is 1. The van der Waals surface area contributed by atoms with Crippen LogP contribution in [0.3, 0.4) is 0 Å². The Morgan fingerprint density at radius 1 is 1.00 bits per heavy atom. The fraction of sp³-hybridized carbons (Fsp3) is 0. The minimum absolute atomic E-state index is 0.00669. The van der Waals surface area contributed by atoms with Gasteiger partial charge in [-0.1, -0.05) is 0 Å². The molecule has 0 aromatic heterocycles. The molecule has 0 saturated heterocycles. The van der Waals surface area contributed by atoms with E-state index in [0.717, 1.165) is 18.2 Å². The van der Waals surface area contributed by atoms with Crippen LogP contribution >= 0.6 is 12.6 Å². The van der Waals surface area contributed by atoms with Gasteiger partial charge in [0.2, 0.25) is 0 Å². The predicted molar refractivity (Wildman–Crippen MR) is 68.0 cm³/mol. The highest BCUT2D eigenvalue weighted by Gasteiger charge is 2.11.